The number of piperidine rings is 1. The molecule has 0 aliphatic carbocycles. The van der Waals surface area contributed by atoms with Gasteiger partial charge in [0.1, 0.15) is 0 Å². The summed E-state index contributed by atoms with van der Waals surface area (Å²) in [7, 11) is 0. The second-order valence-corrected chi connectivity index (χ2v) is 6.38. The number of rotatable bonds is 2. The van der Waals surface area contributed by atoms with Crippen LogP contribution in [0.15, 0.2) is 18.2 Å². The average Bonchev–Trinajstić information content (AvgIpc) is 2.74. The summed E-state index contributed by atoms with van der Waals surface area (Å²) in [6, 6.07) is 4.44. The van der Waals surface area contributed by atoms with Crippen LogP contribution in [-0.4, -0.2) is 35.8 Å². The predicted octanol–water partition coefficient (Wildman–Crippen LogP) is 3.11. The average molecular weight is 327 g/mol. The fourth-order valence-corrected chi connectivity index (χ4v) is 3.59. The number of carbonyl (C=O) groups is 2. The van der Waals surface area contributed by atoms with Crippen LogP contribution in [0.3, 0.4) is 0 Å². The van der Waals surface area contributed by atoms with E-state index >= 15 is 0 Å². The van der Waals surface area contributed by atoms with E-state index in [1.165, 1.54) is 11.3 Å². The van der Waals surface area contributed by atoms with Crippen LogP contribution in [0.1, 0.15) is 25.7 Å². The molecule has 0 bridgehead atoms. The zero-order valence-electron chi connectivity index (χ0n) is 11.5. The summed E-state index contributed by atoms with van der Waals surface area (Å²) in [6.07, 6.45) is 3.60. The van der Waals surface area contributed by atoms with Crippen molar-refractivity contribution in [3.05, 3.63) is 28.2 Å². The minimum atomic E-state index is -0.337. The molecule has 0 radical (unpaired) electrons. The summed E-state index contributed by atoms with van der Waals surface area (Å²) < 4.78 is 0. The van der Waals surface area contributed by atoms with Gasteiger partial charge in [-0.05, 0) is 44.1 Å². The number of hydrogen-bond donors (Lipinski definition) is 0. The van der Waals surface area contributed by atoms with Crippen LogP contribution >= 0.6 is 23.2 Å². The van der Waals surface area contributed by atoms with E-state index in [9.17, 15) is 9.59 Å². The van der Waals surface area contributed by atoms with Crippen LogP contribution in [0.4, 0.5) is 5.69 Å². The minimum absolute atomic E-state index is 0.166. The highest BCUT2D eigenvalue weighted by Gasteiger charge is 2.42. The second-order valence-electron chi connectivity index (χ2n) is 5.51. The third-order valence-corrected chi connectivity index (χ3v) is 4.50. The molecule has 4 nitrogen and oxygen atoms in total. The maximum absolute atomic E-state index is 12.6. The first-order valence-corrected chi connectivity index (χ1v) is 7.89. The number of carbonyl (C=O) groups excluding carboxylic acids is 2. The number of halogens is 2. The van der Waals surface area contributed by atoms with Crippen LogP contribution in [-0.2, 0) is 9.59 Å². The van der Waals surface area contributed by atoms with Crippen molar-refractivity contribution in [2.45, 2.75) is 31.7 Å². The molecular weight excluding hydrogens is 311 g/mol. The molecular formula is C15H16Cl2N2O2. The molecule has 0 aromatic heterocycles. The van der Waals surface area contributed by atoms with E-state index in [1.807, 2.05) is 0 Å². The summed E-state index contributed by atoms with van der Waals surface area (Å²) in [6.45, 7) is 1.77. The third kappa shape index (κ3) is 2.93. The van der Waals surface area contributed by atoms with E-state index in [2.05, 4.69) is 4.90 Å². The number of amides is 2. The maximum Gasteiger partial charge on any atom is 0.251 e. The van der Waals surface area contributed by atoms with E-state index in [0.717, 1.165) is 25.9 Å². The van der Waals surface area contributed by atoms with Gasteiger partial charge in [0.15, 0.2) is 0 Å². The Morgan fingerprint density at radius 1 is 0.952 bits per heavy atom. The van der Waals surface area contributed by atoms with Crippen LogP contribution in [0.2, 0.25) is 10.0 Å². The molecule has 1 atom stereocenters. The van der Waals surface area contributed by atoms with E-state index in [1.54, 1.807) is 18.2 Å². The van der Waals surface area contributed by atoms with Gasteiger partial charge in [-0.15, -0.1) is 0 Å². The van der Waals surface area contributed by atoms with Gasteiger partial charge in [0.25, 0.3) is 5.91 Å². The number of anilines is 1. The van der Waals surface area contributed by atoms with Crippen molar-refractivity contribution in [3.8, 4) is 0 Å². The molecule has 3 rings (SSSR count). The number of hydrogen-bond acceptors (Lipinski definition) is 3. The summed E-state index contributed by atoms with van der Waals surface area (Å²) in [5.41, 5.74) is 0.460. The van der Waals surface area contributed by atoms with Crippen molar-refractivity contribution in [1.82, 2.24) is 4.90 Å². The maximum atomic E-state index is 12.6. The van der Waals surface area contributed by atoms with Crippen LogP contribution < -0.4 is 4.90 Å². The van der Waals surface area contributed by atoms with E-state index in [4.69, 9.17) is 23.2 Å². The highest BCUT2D eigenvalue weighted by atomic mass is 35.5. The molecule has 0 saturated carbocycles. The van der Waals surface area contributed by atoms with Gasteiger partial charge in [-0.3, -0.25) is 14.5 Å². The van der Waals surface area contributed by atoms with Gasteiger partial charge in [-0.1, -0.05) is 29.6 Å². The molecule has 2 aliphatic heterocycles. The van der Waals surface area contributed by atoms with E-state index in [-0.39, 0.29) is 24.3 Å². The largest absolute Gasteiger partial charge is 0.292 e. The Morgan fingerprint density at radius 2 is 1.57 bits per heavy atom. The summed E-state index contributed by atoms with van der Waals surface area (Å²) in [4.78, 5) is 28.2. The number of imide groups is 1. The van der Waals surface area contributed by atoms with E-state index < -0.39 is 0 Å². The lowest BCUT2D eigenvalue weighted by Crippen LogP contribution is -2.44. The first-order chi connectivity index (χ1) is 10.1. The molecule has 2 saturated heterocycles. The Labute approximate surface area is 133 Å². The summed E-state index contributed by atoms with van der Waals surface area (Å²) >= 11 is 11.9. The highest BCUT2D eigenvalue weighted by molar-refractivity contribution is 6.35. The van der Waals surface area contributed by atoms with Crippen molar-refractivity contribution < 1.29 is 9.59 Å². The smallest absolute Gasteiger partial charge is 0.251 e. The van der Waals surface area contributed by atoms with Gasteiger partial charge in [-0.2, -0.15) is 0 Å². The minimum Gasteiger partial charge on any atom is -0.292 e. The van der Waals surface area contributed by atoms with Crippen molar-refractivity contribution in [1.29, 1.82) is 0 Å². The molecule has 2 fully saturated rings. The molecule has 1 aromatic carbocycles. The van der Waals surface area contributed by atoms with Crippen molar-refractivity contribution in [3.63, 3.8) is 0 Å². The Balaban J connectivity index is 1.86. The summed E-state index contributed by atoms with van der Waals surface area (Å²) in [5, 5.41) is 0.832. The molecule has 112 valence electrons. The van der Waals surface area contributed by atoms with Gasteiger partial charge in [0, 0.05) is 10.0 Å². The lowest BCUT2D eigenvalue weighted by atomic mass is 10.1. The van der Waals surface area contributed by atoms with Crippen LogP contribution in [0.25, 0.3) is 0 Å². The first-order valence-electron chi connectivity index (χ1n) is 7.13. The van der Waals surface area contributed by atoms with Crippen LogP contribution in [0.5, 0.6) is 0 Å². The molecule has 6 heteroatoms. The lowest BCUT2D eigenvalue weighted by Gasteiger charge is -2.30. The normalized spacial score (nSPS) is 23.9. The quantitative estimate of drug-likeness (QED) is 0.784. The van der Waals surface area contributed by atoms with Crippen molar-refractivity contribution in [2.75, 3.05) is 18.0 Å². The fourth-order valence-electron chi connectivity index (χ4n) is 3.07. The zero-order chi connectivity index (χ0) is 15.0. The van der Waals surface area contributed by atoms with Crippen molar-refractivity contribution in [2.24, 2.45) is 0 Å². The molecule has 21 heavy (non-hydrogen) atoms. The van der Waals surface area contributed by atoms with Gasteiger partial charge in [0.05, 0.1) is 18.2 Å². The van der Waals surface area contributed by atoms with Crippen molar-refractivity contribution >= 4 is 40.7 Å². The molecule has 1 aromatic rings. The zero-order valence-corrected chi connectivity index (χ0v) is 13.0. The molecule has 2 amide bonds. The monoisotopic (exact) mass is 326 g/mol. The van der Waals surface area contributed by atoms with Gasteiger partial charge in [-0.25, -0.2) is 4.90 Å². The molecule has 2 heterocycles. The van der Waals surface area contributed by atoms with E-state index in [0.29, 0.717) is 15.7 Å². The standard InChI is InChI=1S/C15H16Cl2N2O2/c16-10-6-11(17)8-12(7-10)19-14(20)9-13(15(19)21)18-4-2-1-3-5-18/h6-8,13H,1-5,9H2/t13-/m0/s1. The van der Waals surface area contributed by atoms with Gasteiger partial charge in [0.2, 0.25) is 5.91 Å². The first kappa shape index (κ1) is 14.8. The van der Waals surface area contributed by atoms with Gasteiger partial charge >= 0.3 is 0 Å². The molecule has 0 spiro atoms. The molecule has 2 aliphatic rings. The number of benzene rings is 1. The SMILES string of the molecule is O=C1C[C@H](N2CCCCC2)C(=O)N1c1cc(Cl)cc(Cl)c1. The Hall–Kier alpha value is -1.10. The highest BCUT2D eigenvalue weighted by Crippen LogP contribution is 2.31. The Kier molecular flexibility index (Phi) is 4.20. The predicted molar refractivity (Wildman–Crippen MR) is 82.8 cm³/mol. The Morgan fingerprint density at radius 3 is 2.19 bits per heavy atom. The topological polar surface area (TPSA) is 40.6 Å². The molecule has 0 unspecified atom stereocenters. The number of nitrogens with zero attached hydrogens (tertiary/aromatic N) is 2. The van der Waals surface area contributed by atoms with Gasteiger partial charge < -0.3 is 0 Å². The van der Waals surface area contributed by atoms with Crippen LogP contribution in [0, 0.1) is 0 Å². The second kappa shape index (κ2) is 5.95. The third-order valence-electron chi connectivity index (χ3n) is 4.06. The fraction of sp³-hybridized carbons (Fsp3) is 0.467. The Bertz CT molecular complexity index is 565. The summed E-state index contributed by atoms with van der Waals surface area (Å²) in [5.74, 6) is -0.353. The molecule has 0 N–H and O–H groups in total. The lowest BCUT2D eigenvalue weighted by molar-refractivity contribution is -0.123. The number of likely N-dealkylation sites (tertiary alicyclic amines) is 1.